The average molecular weight is 492 g/mol. The summed E-state index contributed by atoms with van der Waals surface area (Å²) in [4.78, 5) is 29.0. The Bertz CT molecular complexity index is 1480. The molecule has 0 unspecified atom stereocenters. The molecule has 2 heterocycles. The molecule has 0 spiro atoms. The number of aromatic nitrogens is 1. The van der Waals surface area contributed by atoms with Crippen molar-refractivity contribution in [3.05, 3.63) is 113 Å². The standard InChI is InChI=1S/C32H33N3O2/c1-3-27(4-2)34-17-15-22(16-18-34)29-21-35(33)30-14-13-26(20-28(29)30)32(37)25-12-8-11-24(19-25)31(36)23-9-6-5-7-10-23/h5-15,19-21,27H,3-4,16-18,33H2,1-2H3. The molecule has 0 radical (unpaired) electrons. The summed E-state index contributed by atoms with van der Waals surface area (Å²) in [5.74, 6) is 6.09. The molecule has 0 aliphatic carbocycles. The van der Waals surface area contributed by atoms with E-state index in [2.05, 4.69) is 24.8 Å². The Hall–Kier alpha value is -3.96. The molecule has 188 valence electrons. The fourth-order valence-electron chi connectivity index (χ4n) is 5.44. The highest BCUT2D eigenvalue weighted by Gasteiger charge is 2.22. The fourth-order valence-corrected chi connectivity index (χ4v) is 5.44. The van der Waals surface area contributed by atoms with E-state index in [0.717, 1.165) is 48.8 Å². The molecule has 0 amide bonds. The van der Waals surface area contributed by atoms with Gasteiger partial charge in [-0.25, -0.2) is 0 Å². The van der Waals surface area contributed by atoms with Crippen molar-refractivity contribution in [2.24, 2.45) is 0 Å². The lowest BCUT2D eigenvalue weighted by molar-refractivity contribution is 0.103. The summed E-state index contributed by atoms with van der Waals surface area (Å²) in [6, 6.07) is 22.4. The normalized spacial score (nSPS) is 14.2. The maximum Gasteiger partial charge on any atom is 0.193 e. The van der Waals surface area contributed by atoms with Gasteiger partial charge in [-0.1, -0.05) is 68.5 Å². The van der Waals surface area contributed by atoms with Crippen LogP contribution in [0.5, 0.6) is 0 Å². The largest absolute Gasteiger partial charge is 0.339 e. The summed E-state index contributed by atoms with van der Waals surface area (Å²) in [5, 5.41) is 0.979. The van der Waals surface area contributed by atoms with Gasteiger partial charge in [-0.3, -0.25) is 19.2 Å². The van der Waals surface area contributed by atoms with E-state index in [1.165, 1.54) is 5.57 Å². The fraction of sp³-hybridized carbons (Fsp3) is 0.250. The van der Waals surface area contributed by atoms with Crippen molar-refractivity contribution in [1.29, 1.82) is 0 Å². The van der Waals surface area contributed by atoms with Crippen molar-refractivity contribution < 1.29 is 9.59 Å². The molecule has 1 aliphatic rings. The van der Waals surface area contributed by atoms with Gasteiger partial charge in [-0.05, 0) is 49.1 Å². The number of nitrogens with zero attached hydrogens (tertiary/aromatic N) is 2. The van der Waals surface area contributed by atoms with E-state index in [0.29, 0.717) is 28.3 Å². The van der Waals surface area contributed by atoms with Gasteiger partial charge in [0.15, 0.2) is 11.6 Å². The number of benzene rings is 3. The van der Waals surface area contributed by atoms with Crippen LogP contribution >= 0.6 is 0 Å². The predicted octanol–water partition coefficient (Wildman–Crippen LogP) is 6.09. The van der Waals surface area contributed by atoms with E-state index in [9.17, 15) is 9.59 Å². The Morgan fingerprint density at radius 1 is 0.838 bits per heavy atom. The first-order valence-corrected chi connectivity index (χ1v) is 13.1. The van der Waals surface area contributed by atoms with Crippen LogP contribution < -0.4 is 5.84 Å². The molecule has 1 aliphatic heterocycles. The first-order valence-electron chi connectivity index (χ1n) is 13.1. The summed E-state index contributed by atoms with van der Waals surface area (Å²) in [6.07, 6.45) is 7.55. The molecule has 1 aromatic heterocycles. The number of rotatable bonds is 8. The summed E-state index contributed by atoms with van der Waals surface area (Å²) in [5.41, 5.74) is 5.43. The molecule has 0 bridgehead atoms. The molecule has 0 saturated carbocycles. The van der Waals surface area contributed by atoms with E-state index in [4.69, 9.17) is 5.84 Å². The number of carbonyl (C=O) groups excluding carboxylic acids is 2. The molecular formula is C32H33N3O2. The van der Waals surface area contributed by atoms with Crippen molar-refractivity contribution in [2.45, 2.75) is 39.2 Å². The van der Waals surface area contributed by atoms with Crippen molar-refractivity contribution in [1.82, 2.24) is 9.58 Å². The predicted molar refractivity (Wildman–Crippen MR) is 150 cm³/mol. The van der Waals surface area contributed by atoms with Crippen LogP contribution in [0.25, 0.3) is 16.5 Å². The van der Waals surface area contributed by atoms with Gasteiger partial charge in [-0.2, -0.15) is 0 Å². The SMILES string of the molecule is CCC(CC)N1CC=C(c2cn(N)c3ccc(C(=O)c4cccc(C(=O)c5ccccc5)c4)cc23)CC1. The van der Waals surface area contributed by atoms with Crippen molar-refractivity contribution >= 4 is 28.0 Å². The smallest absolute Gasteiger partial charge is 0.193 e. The van der Waals surface area contributed by atoms with Crippen LogP contribution in [0.15, 0.2) is 85.1 Å². The van der Waals surface area contributed by atoms with Gasteiger partial charge in [0.05, 0.1) is 5.52 Å². The Morgan fingerprint density at radius 2 is 1.49 bits per heavy atom. The molecule has 5 heteroatoms. The monoisotopic (exact) mass is 491 g/mol. The topological polar surface area (TPSA) is 68.3 Å². The third kappa shape index (κ3) is 4.87. The van der Waals surface area contributed by atoms with Crippen LogP contribution in [0.1, 0.15) is 70.5 Å². The van der Waals surface area contributed by atoms with E-state index in [1.807, 2.05) is 42.6 Å². The maximum absolute atomic E-state index is 13.5. The minimum atomic E-state index is -0.113. The molecule has 2 N–H and O–H groups in total. The summed E-state index contributed by atoms with van der Waals surface area (Å²) >= 11 is 0. The van der Waals surface area contributed by atoms with E-state index in [1.54, 1.807) is 41.1 Å². The lowest BCUT2D eigenvalue weighted by Crippen LogP contribution is -2.37. The third-order valence-corrected chi connectivity index (χ3v) is 7.56. The van der Waals surface area contributed by atoms with Gasteiger partial charge in [-0.15, -0.1) is 0 Å². The average Bonchev–Trinajstić information content (AvgIpc) is 3.29. The molecule has 5 rings (SSSR count). The highest BCUT2D eigenvalue weighted by molar-refractivity contribution is 6.14. The zero-order valence-corrected chi connectivity index (χ0v) is 21.5. The van der Waals surface area contributed by atoms with E-state index >= 15 is 0 Å². The first-order chi connectivity index (χ1) is 18.0. The van der Waals surface area contributed by atoms with Crippen LogP contribution in [0.2, 0.25) is 0 Å². The summed E-state index contributed by atoms with van der Waals surface area (Å²) in [7, 11) is 0. The molecular weight excluding hydrogens is 458 g/mol. The summed E-state index contributed by atoms with van der Waals surface area (Å²) in [6.45, 7) is 6.46. The van der Waals surface area contributed by atoms with Gasteiger partial charge < -0.3 is 5.84 Å². The molecule has 4 aromatic rings. The lowest BCUT2D eigenvalue weighted by Gasteiger charge is -2.33. The zero-order chi connectivity index (χ0) is 25.9. The lowest BCUT2D eigenvalue weighted by atomic mass is 9.94. The second-order valence-corrected chi connectivity index (χ2v) is 9.73. The maximum atomic E-state index is 13.5. The highest BCUT2D eigenvalue weighted by Crippen LogP contribution is 2.32. The van der Waals surface area contributed by atoms with Crippen LogP contribution in [0, 0.1) is 0 Å². The van der Waals surface area contributed by atoms with Crippen molar-refractivity contribution in [3.8, 4) is 0 Å². The van der Waals surface area contributed by atoms with Crippen LogP contribution in [0.4, 0.5) is 0 Å². The minimum absolute atomic E-state index is 0.0974. The van der Waals surface area contributed by atoms with Gasteiger partial charge in [0.2, 0.25) is 0 Å². The number of ketones is 2. The molecule has 3 aromatic carbocycles. The quantitative estimate of drug-likeness (QED) is 0.239. The number of nitrogen functional groups attached to an aromatic ring is 1. The Balaban J connectivity index is 1.45. The number of hydrogen-bond donors (Lipinski definition) is 1. The molecule has 0 atom stereocenters. The van der Waals surface area contributed by atoms with Gasteiger partial charge in [0.25, 0.3) is 0 Å². The third-order valence-electron chi connectivity index (χ3n) is 7.56. The van der Waals surface area contributed by atoms with Gasteiger partial charge in [0, 0.05) is 58.5 Å². The van der Waals surface area contributed by atoms with E-state index in [-0.39, 0.29) is 11.6 Å². The highest BCUT2D eigenvalue weighted by atomic mass is 16.1. The summed E-state index contributed by atoms with van der Waals surface area (Å²) < 4.78 is 1.65. The van der Waals surface area contributed by atoms with Gasteiger partial charge >= 0.3 is 0 Å². The first kappa shape index (κ1) is 24.7. The molecule has 5 nitrogen and oxygen atoms in total. The number of hydrogen-bond acceptors (Lipinski definition) is 4. The van der Waals surface area contributed by atoms with Crippen molar-refractivity contribution in [3.63, 3.8) is 0 Å². The Labute approximate surface area is 218 Å². The molecule has 0 saturated heterocycles. The second kappa shape index (κ2) is 10.6. The Morgan fingerprint density at radius 3 is 2.14 bits per heavy atom. The number of fused-ring (bicyclic) bond motifs is 1. The van der Waals surface area contributed by atoms with Gasteiger partial charge in [0.1, 0.15) is 0 Å². The van der Waals surface area contributed by atoms with E-state index < -0.39 is 0 Å². The van der Waals surface area contributed by atoms with Crippen LogP contribution in [-0.4, -0.2) is 40.3 Å². The molecule has 37 heavy (non-hydrogen) atoms. The Kier molecular flexibility index (Phi) is 7.06. The number of nitrogens with two attached hydrogens (primary N) is 1. The second-order valence-electron chi connectivity index (χ2n) is 9.73. The minimum Gasteiger partial charge on any atom is -0.339 e. The van der Waals surface area contributed by atoms with Crippen LogP contribution in [0.3, 0.4) is 0 Å². The van der Waals surface area contributed by atoms with Crippen molar-refractivity contribution in [2.75, 3.05) is 18.9 Å². The van der Waals surface area contributed by atoms with Crippen LogP contribution in [-0.2, 0) is 0 Å². The molecule has 0 fully saturated rings. The zero-order valence-electron chi connectivity index (χ0n) is 21.5. The number of carbonyl (C=O) groups is 2.